The summed E-state index contributed by atoms with van der Waals surface area (Å²) in [5.41, 5.74) is 3.14. The Hall–Kier alpha value is -1.74. The molecule has 2 aromatic rings. The van der Waals surface area contributed by atoms with Crippen LogP contribution in [0.25, 0.3) is 0 Å². The van der Waals surface area contributed by atoms with E-state index in [1.165, 1.54) is 18.2 Å². The third-order valence-electron chi connectivity index (χ3n) is 3.46. The maximum Gasteiger partial charge on any atom is 0.129 e. The third kappa shape index (κ3) is 3.42. The van der Waals surface area contributed by atoms with Gasteiger partial charge in [0.25, 0.3) is 0 Å². The van der Waals surface area contributed by atoms with Crippen LogP contribution >= 0.6 is 0 Å². The fraction of sp³-hybridized carbons (Fsp3) is 0.294. The molecule has 2 rings (SSSR count). The highest BCUT2D eigenvalue weighted by molar-refractivity contribution is 5.31. The van der Waals surface area contributed by atoms with E-state index >= 15 is 0 Å². The van der Waals surface area contributed by atoms with Crippen molar-refractivity contribution in [1.29, 1.82) is 0 Å². The van der Waals surface area contributed by atoms with Crippen LogP contribution in [0.15, 0.2) is 36.4 Å². The summed E-state index contributed by atoms with van der Waals surface area (Å²) in [7, 11) is 0. The molecular formula is C17H18F2O. The van der Waals surface area contributed by atoms with Crippen LogP contribution in [0.3, 0.4) is 0 Å². The van der Waals surface area contributed by atoms with Gasteiger partial charge in [-0.05, 0) is 43.5 Å². The van der Waals surface area contributed by atoms with E-state index in [1.807, 2.05) is 32.0 Å². The van der Waals surface area contributed by atoms with Crippen molar-refractivity contribution in [1.82, 2.24) is 0 Å². The molecule has 0 aliphatic carbocycles. The number of aliphatic hydroxyl groups excluding tert-OH is 1. The predicted molar refractivity (Wildman–Crippen MR) is 75.7 cm³/mol. The molecule has 0 aliphatic heterocycles. The molecule has 0 saturated carbocycles. The first-order chi connectivity index (χ1) is 9.47. The zero-order valence-electron chi connectivity index (χ0n) is 11.7. The summed E-state index contributed by atoms with van der Waals surface area (Å²) in [6.07, 6.45) is -0.436. The van der Waals surface area contributed by atoms with E-state index in [-0.39, 0.29) is 12.0 Å². The second-order valence-electron chi connectivity index (χ2n) is 5.19. The molecule has 1 atom stereocenters. The van der Waals surface area contributed by atoms with Gasteiger partial charge < -0.3 is 5.11 Å². The summed E-state index contributed by atoms with van der Waals surface area (Å²) in [6.45, 7) is 3.94. The molecule has 0 spiro atoms. The molecule has 0 radical (unpaired) electrons. The van der Waals surface area contributed by atoms with Gasteiger partial charge in [-0.25, -0.2) is 8.78 Å². The lowest BCUT2D eigenvalue weighted by Crippen LogP contribution is -2.16. The number of halogens is 2. The highest BCUT2D eigenvalue weighted by Gasteiger charge is 2.15. The van der Waals surface area contributed by atoms with Crippen LogP contribution in [0.2, 0.25) is 0 Å². The first kappa shape index (κ1) is 14.7. The third-order valence-corrected chi connectivity index (χ3v) is 3.46. The number of hydrogen-bond acceptors (Lipinski definition) is 1. The van der Waals surface area contributed by atoms with Crippen molar-refractivity contribution < 1.29 is 13.9 Å². The van der Waals surface area contributed by atoms with Gasteiger partial charge in [0.1, 0.15) is 11.6 Å². The van der Waals surface area contributed by atoms with Crippen molar-refractivity contribution in [3.8, 4) is 0 Å². The number of aliphatic hydroxyl groups is 1. The van der Waals surface area contributed by atoms with Gasteiger partial charge in [-0.1, -0.05) is 29.8 Å². The lowest BCUT2D eigenvalue weighted by atomic mass is 9.96. The van der Waals surface area contributed by atoms with Crippen molar-refractivity contribution in [3.05, 3.63) is 70.3 Å². The summed E-state index contributed by atoms with van der Waals surface area (Å²) < 4.78 is 27.1. The van der Waals surface area contributed by atoms with E-state index in [0.717, 1.165) is 16.7 Å². The van der Waals surface area contributed by atoms with Gasteiger partial charge in [0.2, 0.25) is 0 Å². The van der Waals surface area contributed by atoms with Crippen LogP contribution in [-0.4, -0.2) is 11.2 Å². The lowest BCUT2D eigenvalue weighted by molar-refractivity contribution is 0.172. The largest absolute Gasteiger partial charge is 0.392 e. The summed E-state index contributed by atoms with van der Waals surface area (Å²) >= 11 is 0. The van der Waals surface area contributed by atoms with Crippen LogP contribution < -0.4 is 0 Å². The van der Waals surface area contributed by atoms with Crippen molar-refractivity contribution in [2.24, 2.45) is 0 Å². The molecule has 1 N–H and O–H groups in total. The van der Waals surface area contributed by atoms with Gasteiger partial charge in [0.05, 0.1) is 6.10 Å². The average molecular weight is 276 g/mol. The van der Waals surface area contributed by atoms with Crippen molar-refractivity contribution in [2.75, 3.05) is 0 Å². The summed E-state index contributed by atoms with van der Waals surface area (Å²) in [5.74, 6) is -1.21. The predicted octanol–water partition coefficient (Wildman–Crippen LogP) is 3.73. The summed E-state index contributed by atoms with van der Waals surface area (Å²) in [5, 5.41) is 10.1. The van der Waals surface area contributed by atoms with Crippen LogP contribution in [0, 0.1) is 25.5 Å². The normalized spacial score (nSPS) is 12.4. The molecular weight excluding hydrogens is 258 g/mol. The van der Waals surface area contributed by atoms with Gasteiger partial charge >= 0.3 is 0 Å². The Labute approximate surface area is 117 Å². The van der Waals surface area contributed by atoms with Gasteiger partial charge in [0.15, 0.2) is 0 Å². The standard InChI is InChI=1S/C17H18F2O/c1-11-6-7-12(2)13(8-11)9-14(20)10-15-16(18)4-3-5-17(15)19/h3-8,14,20H,9-10H2,1-2H3. The minimum absolute atomic E-state index is 0.0219. The smallest absolute Gasteiger partial charge is 0.129 e. The van der Waals surface area contributed by atoms with Crippen LogP contribution in [0.5, 0.6) is 0 Å². The molecule has 1 nitrogen and oxygen atoms in total. The highest BCUT2D eigenvalue weighted by Crippen LogP contribution is 2.18. The molecule has 106 valence electrons. The van der Waals surface area contributed by atoms with Crippen molar-refractivity contribution in [2.45, 2.75) is 32.8 Å². The van der Waals surface area contributed by atoms with Crippen LogP contribution in [0.4, 0.5) is 8.78 Å². The number of hydrogen-bond donors (Lipinski definition) is 1. The van der Waals surface area contributed by atoms with E-state index < -0.39 is 17.7 Å². The number of benzene rings is 2. The average Bonchev–Trinajstić information content (AvgIpc) is 2.38. The molecule has 3 heteroatoms. The monoisotopic (exact) mass is 276 g/mol. The number of aryl methyl sites for hydroxylation is 2. The van der Waals surface area contributed by atoms with E-state index in [4.69, 9.17) is 0 Å². The second-order valence-corrected chi connectivity index (χ2v) is 5.19. The van der Waals surface area contributed by atoms with E-state index in [0.29, 0.717) is 6.42 Å². The summed E-state index contributed by atoms with van der Waals surface area (Å²) in [4.78, 5) is 0. The molecule has 20 heavy (non-hydrogen) atoms. The van der Waals surface area contributed by atoms with Gasteiger partial charge in [-0.15, -0.1) is 0 Å². The Kier molecular flexibility index (Phi) is 4.50. The highest BCUT2D eigenvalue weighted by atomic mass is 19.1. The fourth-order valence-electron chi connectivity index (χ4n) is 2.31. The van der Waals surface area contributed by atoms with Crippen LogP contribution in [-0.2, 0) is 12.8 Å². The minimum atomic E-state index is -0.804. The lowest BCUT2D eigenvalue weighted by Gasteiger charge is -2.14. The Bertz CT molecular complexity index is 588. The zero-order valence-corrected chi connectivity index (χ0v) is 11.7. The van der Waals surface area contributed by atoms with E-state index in [2.05, 4.69) is 0 Å². The summed E-state index contributed by atoms with van der Waals surface area (Å²) in [6, 6.07) is 9.73. The first-order valence-electron chi connectivity index (χ1n) is 6.64. The van der Waals surface area contributed by atoms with Crippen molar-refractivity contribution in [3.63, 3.8) is 0 Å². The van der Waals surface area contributed by atoms with Gasteiger partial charge in [0, 0.05) is 12.0 Å². The SMILES string of the molecule is Cc1ccc(C)c(CC(O)Cc2c(F)cccc2F)c1. The quantitative estimate of drug-likeness (QED) is 0.902. The Morgan fingerprint density at radius 3 is 2.30 bits per heavy atom. The fourth-order valence-corrected chi connectivity index (χ4v) is 2.31. The van der Waals surface area contributed by atoms with Gasteiger partial charge in [-0.2, -0.15) is 0 Å². The topological polar surface area (TPSA) is 20.2 Å². The van der Waals surface area contributed by atoms with Crippen LogP contribution in [0.1, 0.15) is 22.3 Å². The molecule has 0 amide bonds. The van der Waals surface area contributed by atoms with E-state index in [1.54, 1.807) is 0 Å². The molecule has 1 unspecified atom stereocenters. The maximum atomic E-state index is 13.5. The Morgan fingerprint density at radius 2 is 1.65 bits per heavy atom. The first-order valence-corrected chi connectivity index (χ1v) is 6.64. The molecule has 0 saturated heterocycles. The van der Waals surface area contributed by atoms with Gasteiger partial charge in [-0.3, -0.25) is 0 Å². The maximum absolute atomic E-state index is 13.5. The second kappa shape index (κ2) is 6.14. The molecule has 2 aromatic carbocycles. The molecule has 0 aromatic heterocycles. The Morgan fingerprint density at radius 1 is 1.00 bits per heavy atom. The molecule has 0 heterocycles. The van der Waals surface area contributed by atoms with Crippen molar-refractivity contribution >= 4 is 0 Å². The van der Waals surface area contributed by atoms with E-state index in [9.17, 15) is 13.9 Å². The molecule has 0 aliphatic rings. The Balaban J connectivity index is 2.13. The number of rotatable bonds is 4. The zero-order chi connectivity index (χ0) is 14.7. The molecule has 0 bridgehead atoms. The molecule has 0 fully saturated rings. The minimum Gasteiger partial charge on any atom is -0.392 e.